The average Bonchev–Trinajstić information content (AvgIpc) is 3.34. The molecule has 3 rings (SSSR count). The number of nitrogens with one attached hydrogen (secondary N) is 1. The predicted octanol–water partition coefficient (Wildman–Crippen LogP) is 2.13. The van der Waals surface area contributed by atoms with Gasteiger partial charge in [0.05, 0.1) is 13.2 Å². The second kappa shape index (κ2) is 10.8. The Morgan fingerprint density at radius 3 is 2.86 bits per heavy atom. The van der Waals surface area contributed by atoms with Gasteiger partial charge in [0.25, 0.3) is 0 Å². The van der Waals surface area contributed by atoms with Crippen molar-refractivity contribution in [3.8, 4) is 0 Å². The van der Waals surface area contributed by atoms with Crippen LogP contribution in [0.2, 0.25) is 0 Å². The maximum Gasteiger partial charge on any atom is 0.223 e. The summed E-state index contributed by atoms with van der Waals surface area (Å²) < 4.78 is 9.43. The maximum absolute atomic E-state index is 12.3. The van der Waals surface area contributed by atoms with Crippen LogP contribution < -0.4 is 5.32 Å². The number of carbonyl (C=O) groups excluding carboxylic acids is 1. The SMILES string of the molecule is CCOCCCNC(=O)C1CCN(Cn2nnn(Cc3cccs3)c2=S)CC1. The van der Waals surface area contributed by atoms with Gasteiger partial charge < -0.3 is 10.1 Å². The predicted molar refractivity (Wildman–Crippen MR) is 111 cm³/mol. The van der Waals surface area contributed by atoms with Crippen LogP contribution >= 0.6 is 23.6 Å². The van der Waals surface area contributed by atoms with Crippen LogP contribution in [-0.4, -0.2) is 63.4 Å². The van der Waals surface area contributed by atoms with E-state index in [1.165, 1.54) is 4.88 Å². The van der Waals surface area contributed by atoms with Crippen LogP contribution in [-0.2, 0) is 22.7 Å². The zero-order valence-corrected chi connectivity index (χ0v) is 17.9. The van der Waals surface area contributed by atoms with Gasteiger partial charge in [-0.2, -0.15) is 0 Å². The minimum Gasteiger partial charge on any atom is -0.382 e. The van der Waals surface area contributed by atoms with Crippen LogP contribution in [0.3, 0.4) is 0 Å². The van der Waals surface area contributed by atoms with E-state index in [0.29, 0.717) is 31.1 Å². The minimum absolute atomic E-state index is 0.0887. The third-order valence-corrected chi connectivity index (χ3v) is 6.13. The molecule has 1 fully saturated rings. The second-order valence-electron chi connectivity index (χ2n) is 6.87. The standard InChI is InChI=1S/C18H28N6O2S2/c1-2-26-11-4-8-19-17(25)15-6-9-22(10-7-15)14-24-18(27)23(20-21-24)13-16-5-3-12-28-16/h3,5,12,15H,2,4,6-11,13-14H2,1H3,(H,19,25). The smallest absolute Gasteiger partial charge is 0.223 e. The van der Waals surface area contributed by atoms with Crippen molar-refractivity contribution in [1.29, 1.82) is 0 Å². The highest BCUT2D eigenvalue weighted by atomic mass is 32.1. The topological polar surface area (TPSA) is 77.2 Å². The molecule has 0 aromatic carbocycles. The van der Waals surface area contributed by atoms with Gasteiger partial charge in [0, 0.05) is 43.6 Å². The molecule has 0 atom stereocenters. The zero-order valence-electron chi connectivity index (χ0n) is 16.2. The summed E-state index contributed by atoms with van der Waals surface area (Å²) in [6, 6.07) is 4.09. The van der Waals surface area contributed by atoms with Crippen LogP contribution in [0.1, 0.15) is 31.1 Å². The fourth-order valence-electron chi connectivity index (χ4n) is 3.25. The van der Waals surface area contributed by atoms with Gasteiger partial charge >= 0.3 is 0 Å². The number of rotatable bonds is 10. The molecule has 1 amide bonds. The number of piperidine rings is 1. The summed E-state index contributed by atoms with van der Waals surface area (Å²) in [7, 11) is 0. The Morgan fingerprint density at radius 1 is 1.36 bits per heavy atom. The second-order valence-corrected chi connectivity index (χ2v) is 8.27. The first-order chi connectivity index (χ1) is 13.7. The van der Waals surface area contributed by atoms with E-state index in [1.54, 1.807) is 20.7 Å². The van der Waals surface area contributed by atoms with E-state index in [-0.39, 0.29) is 11.8 Å². The molecule has 0 spiro atoms. The van der Waals surface area contributed by atoms with Crippen LogP contribution in [0.4, 0.5) is 0 Å². The fourth-order valence-corrected chi connectivity index (χ4v) is 4.13. The molecule has 10 heteroatoms. The highest BCUT2D eigenvalue weighted by Gasteiger charge is 2.25. The van der Waals surface area contributed by atoms with E-state index in [9.17, 15) is 4.79 Å². The maximum atomic E-state index is 12.3. The number of hydrogen-bond acceptors (Lipinski definition) is 7. The Morgan fingerprint density at radius 2 is 2.14 bits per heavy atom. The van der Waals surface area contributed by atoms with Crippen molar-refractivity contribution in [3.05, 3.63) is 27.2 Å². The van der Waals surface area contributed by atoms with Crippen LogP contribution in [0.5, 0.6) is 0 Å². The van der Waals surface area contributed by atoms with Crippen molar-refractivity contribution >= 4 is 29.5 Å². The first-order valence-corrected chi connectivity index (χ1v) is 11.1. The van der Waals surface area contributed by atoms with Gasteiger partial charge in [-0.1, -0.05) is 6.07 Å². The lowest BCUT2D eigenvalue weighted by Gasteiger charge is -2.30. The van der Waals surface area contributed by atoms with Gasteiger partial charge in [0.1, 0.15) is 0 Å². The summed E-state index contributed by atoms with van der Waals surface area (Å²) >= 11 is 7.20. The first-order valence-electron chi connectivity index (χ1n) is 9.78. The number of amides is 1. The Bertz CT molecular complexity index is 780. The van der Waals surface area contributed by atoms with Crippen LogP contribution in [0.15, 0.2) is 17.5 Å². The summed E-state index contributed by atoms with van der Waals surface area (Å²) in [6.07, 6.45) is 2.57. The summed E-state index contributed by atoms with van der Waals surface area (Å²) in [6.45, 7) is 7.06. The highest BCUT2D eigenvalue weighted by molar-refractivity contribution is 7.71. The molecule has 1 aliphatic rings. The number of carbonyl (C=O) groups is 1. The van der Waals surface area contributed by atoms with Crippen molar-refractivity contribution in [2.75, 3.05) is 32.8 Å². The normalized spacial score (nSPS) is 15.8. The van der Waals surface area contributed by atoms with Crippen molar-refractivity contribution in [3.63, 3.8) is 0 Å². The van der Waals surface area contributed by atoms with E-state index >= 15 is 0 Å². The molecule has 0 saturated carbocycles. The first kappa shape index (κ1) is 21.1. The molecule has 0 unspecified atom stereocenters. The van der Waals surface area contributed by atoms with Gasteiger partial charge in [-0.25, -0.2) is 9.36 Å². The number of thiophene rings is 1. The molecule has 1 saturated heterocycles. The van der Waals surface area contributed by atoms with E-state index in [2.05, 4.69) is 26.7 Å². The van der Waals surface area contributed by atoms with E-state index in [4.69, 9.17) is 17.0 Å². The molecule has 0 aliphatic carbocycles. The Hall–Kier alpha value is -1.62. The van der Waals surface area contributed by atoms with Crippen LogP contribution in [0, 0.1) is 10.7 Å². The van der Waals surface area contributed by atoms with Gasteiger partial charge in [0.15, 0.2) is 0 Å². The molecule has 0 radical (unpaired) electrons. The third-order valence-electron chi connectivity index (χ3n) is 4.84. The zero-order chi connectivity index (χ0) is 19.8. The summed E-state index contributed by atoms with van der Waals surface area (Å²) in [4.78, 5) is 15.8. The van der Waals surface area contributed by atoms with E-state index in [0.717, 1.165) is 39.0 Å². The number of hydrogen-bond donors (Lipinski definition) is 1. The Kier molecular flexibility index (Phi) is 8.13. The van der Waals surface area contributed by atoms with Gasteiger partial charge in [-0.05, 0) is 60.3 Å². The number of tetrazole rings is 1. The Balaban J connectivity index is 1.41. The molecule has 1 N–H and O–H groups in total. The van der Waals surface area contributed by atoms with Gasteiger partial charge in [0.2, 0.25) is 10.7 Å². The number of likely N-dealkylation sites (tertiary alicyclic amines) is 1. The summed E-state index contributed by atoms with van der Waals surface area (Å²) in [5.74, 6) is 0.250. The highest BCUT2D eigenvalue weighted by Crippen LogP contribution is 2.18. The minimum atomic E-state index is 0.0887. The molecule has 0 bridgehead atoms. The quantitative estimate of drug-likeness (QED) is 0.465. The third kappa shape index (κ3) is 5.94. The molecule has 2 aromatic rings. The lowest BCUT2D eigenvalue weighted by molar-refractivity contribution is -0.126. The van der Waals surface area contributed by atoms with E-state index in [1.807, 2.05) is 18.4 Å². The fraction of sp³-hybridized carbons (Fsp3) is 0.667. The van der Waals surface area contributed by atoms with Gasteiger partial charge in [-0.15, -0.1) is 11.3 Å². The number of ether oxygens (including phenoxy) is 1. The molecule has 3 heterocycles. The van der Waals surface area contributed by atoms with Crippen molar-refractivity contribution in [2.45, 2.75) is 39.4 Å². The van der Waals surface area contributed by atoms with Crippen molar-refractivity contribution in [2.24, 2.45) is 5.92 Å². The average molecular weight is 425 g/mol. The summed E-state index contributed by atoms with van der Waals surface area (Å²) in [5, 5.41) is 13.5. The molecule has 8 nitrogen and oxygen atoms in total. The lowest BCUT2D eigenvalue weighted by Crippen LogP contribution is -2.41. The summed E-state index contributed by atoms with van der Waals surface area (Å²) in [5.41, 5.74) is 0. The molecular weight excluding hydrogens is 396 g/mol. The van der Waals surface area contributed by atoms with Crippen LogP contribution in [0.25, 0.3) is 0 Å². The number of nitrogens with zero attached hydrogens (tertiary/aromatic N) is 5. The largest absolute Gasteiger partial charge is 0.382 e. The molecular formula is C18H28N6O2S2. The Labute approximate surface area is 174 Å². The molecule has 154 valence electrons. The van der Waals surface area contributed by atoms with E-state index < -0.39 is 0 Å². The number of aromatic nitrogens is 4. The van der Waals surface area contributed by atoms with Crippen molar-refractivity contribution < 1.29 is 9.53 Å². The molecule has 1 aliphatic heterocycles. The van der Waals surface area contributed by atoms with Gasteiger partial charge in [-0.3, -0.25) is 9.69 Å². The van der Waals surface area contributed by atoms with Crippen molar-refractivity contribution in [1.82, 2.24) is 30.0 Å². The molecule has 28 heavy (non-hydrogen) atoms. The molecule has 2 aromatic heterocycles. The lowest BCUT2D eigenvalue weighted by atomic mass is 9.96. The monoisotopic (exact) mass is 424 g/mol.